The number of carbonyl (C=O) groups is 2. The van der Waals surface area contributed by atoms with Gasteiger partial charge in [0, 0.05) is 19.3 Å². The third kappa shape index (κ3) is 2.90. The van der Waals surface area contributed by atoms with E-state index in [1.54, 1.807) is 36.0 Å². The highest BCUT2D eigenvalue weighted by atomic mass is 32.2. The highest BCUT2D eigenvalue weighted by Gasteiger charge is 2.34. The summed E-state index contributed by atoms with van der Waals surface area (Å²) in [6, 6.07) is 15.1. The van der Waals surface area contributed by atoms with E-state index in [1.807, 2.05) is 25.2 Å². The van der Waals surface area contributed by atoms with Gasteiger partial charge < -0.3 is 4.57 Å². The van der Waals surface area contributed by atoms with Crippen molar-refractivity contribution in [1.29, 1.82) is 0 Å². The highest BCUT2D eigenvalue weighted by Crippen LogP contribution is 2.25. The number of benzene rings is 2. The van der Waals surface area contributed by atoms with Crippen LogP contribution in [0.3, 0.4) is 0 Å². The number of aromatic nitrogens is 2. The van der Waals surface area contributed by atoms with Crippen LogP contribution >= 0.6 is 11.8 Å². The number of carbonyl (C=O) groups excluding carboxylic acids is 2. The molecule has 0 aliphatic carbocycles. The van der Waals surface area contributed by atoms with Crippen LogP contribution in [0.15, 0.2) is 53.7 Å². The van der Waals surface area contributed by atoms with Gasteiger partial charge >= 0.3 is 0 Å². The van der Waals surface area contributed by atoms with Crippen LogP contribution in [0.1, 0.15) is 33.6 Å². The summed E-state index contributed by atoms with van der Waals surface area (Å²) in [5, 5.41) is 0.993. The lowest BCUT2D eigenvalue weighted by Gasteiger charge is -2.13. The first kappa shape index (κ1) is 16.8. The Labute approximate surface area is 156 Å². The molecule has 1 aliphatic heterocycles. The standard InChI is InChI=1S/C20H19N3O2S/c1-22-17-11-5-4-10-16(17)21-20(22)26-13-7-6-12-23-18(24)14-8-2-3-9-15(14)19(23)25/h2-5,8-11H,6-7,12-13H2,1H3. The average molecular weight is 365 g/mol. The Morgan fingerprint density at radius 1 is 0.923 bits per heavy atom. The molecule has 0 bridgehead atoms. The van der Waals surface area contributed by atoms with E-state index in [2.05, 4.69) is 15.6 Å². The van der Waals surface area contributed by atoms with E-state index >= 15 is 0 Å². The van der Waals surface area contributed by atoms with Crippen LogP contribution in [0.2, 0.25) is 0 Å². The zero-order chi connectivity index (χ0) is 18.1. The summed E-state index contributed by atoms with van der Waals surface area (Å²) in [7, 11) is 2.02. The molecule has 6 heteroatoms. The fraction of sp³-hybridized carbons (Fsp3) is 0.250. The number of unbranched alkanes of at least 4 members (excludes halogenated alkanes) is 1. The molecule has 2 amide bonds. The zero-order valence-corrected chi connectivity index (χ0v) is 15.3. The molecule has 0 fully saturated rings. The molecule has 5 nitrogen and oxygen atoms in total. The summed E-state index contributed by atoms with van der Waals surface area (Å²) in [5.74, 6) is 0.558. The summed E-state index contributed by atoms with van der Waals surface area (Å²) >= 11 is 1.71. The van der Waals surface area contributed by atoms with E-state index in [0.717, 1.165) is 34.8 Å². The van der Waals surface area contributed by atoms with Crippen LogP contribution in [0.5, 0.6) is 0 Å². The third-order valence-corrected chi connectivity index (χ3v) is 5.75. The average Bonchev–Trinajstić information content (AvgIpc) is 3.11. The maximum Gasteiger partial charge on any atom is 0.261 e. The maximum absolute atomic E-state index is 12.3. The molecule has 0 atom stereocenters. The van der Waals surface area contributed by atoms with Gasteiger partial charge in [0.15, 0.2) is 5.16 Å². The van der Waals surface area contributed by atoms with Crippen molar-refractivity contribution in [2.24, 2.45) is 7.05 Å². The first-order valence-electron chi connectivity index (χ1n) is 8.66. The number of amides is 2. The van der Waals surface area contributed by atoms with Crippen LogP contribution in [0, 0.1) is 0 Å². The molecule has 3 aromatic rings. The molecule has 1 aliphatic rings. The van der Waals surface area contributed by atoms with Crippen LogP contribution in [-0.2, 0) is 7.05 Å². The number of rotatable bonds is 6. The second kappa shape index (κ2) is 6.96. The van der Waals surface area contributed by atoms with Gasteiger partial charge in [-0.2, -0.15) is 0 Å². The minimum Gasteiger partial charge on any atom is -0.322 e. The lowest BCUT2D eigenvalue weighted by atomic mass is 10.1. The molecule has 0 saturated heterocycles. The Hall–Kier alpha value is -2.60. The molecule has 0 N–H and O–H groups in total. The van der Waals surface area contributed by atoms with Gasteiger partial charge in [-0.25, -0.2) is 4.98 Å². The number of fused-ring (bicyclic) bond motifs is 2. The number of hydrogen-bond acceptors (Lipinski definition) is 4. The van der Waals surface area contributed by atoms with Gasteiger partial charge in [-0.15, -0.1) is 0 Å². The van der Waals surface area contributed by atoms with Crippen LogP contribution in [0.4, 0.5) is 0 Å². The fourth-order valence-corrected chi connectivity index (χ4v) is 4.22. The molecular formula is C20H19N3O2S. The number of hydrogen-bond donors (Lipinski definition) is 0. The molecular weight excluding hydrogens is 346 g/mol. The minimum absolute atomic E-state index is 0.173. The van der Waals surface area contributed by atoms with Crippen molar-refractivity contribution in [3.8, 4) is 0 Å². The lowest BCUT2D eigenvalue weighted by molar-refractivity contribution is 0.0652. The van der Waals surface area contributed by atoms with Crippen LogP contribution in [0.25, 0.3) is 11.0 Å². The Kier molecular flexibility index (Phi) is 4.51. The number of aryl methyl sites for hydroxylation is 1. The monoisotopic (exact) mass is 365 g/mol. The zero-order valence-electron chi connectivity index (χ0n) is 14.5. The number of imide groups is 1. The molecule has 0 radical (unpaired) electrons. The van der Waals surface area contributed by atoms with Gasteiger partial charge in [-0.05, 0) is 37.1 Å². The molecule has 26 heavy (non-hydrogen) atoms. The summed E-state index contributed by atoms with van der Waals surface area (Å²) < 4.78 is 2.10. The third-order valence-electron chi connectivity index (χ3n) is 4.63. The highest BCUT2D eigenvalue weighted by molar-refractivity contribution is 7.99. The van der Waals surface area contributed by atoms with Crippen LogP contribution in [-0.4, -0.2) is 38.6 Å². The largest absolute Gasteiger partial charge is 0.322 e. The second-order valence-corrected chi connectivity index (χ2v) is 7.37. The van der Waals surface area contributed by atoms with Crippen molar-refractivity contribution in [2.75, 3.05) is 12.3 Å². The summed E-state index contributed by atoms with van der Waals surface area (Å²) in [4.78, 5) is 30.7. The Morgan fingerprint density at radius 3 is 2.27 bits per heavy atom. The van der Waals surface area contributed by atoms with Crippen molar-refractivity contribution >= 4 is 34.6 Å². The normalized spacial score (nSPS) is 13.7. The molecule has 0 spiro atoms. The van der Waals surface area contributed by atoms with E-state index in [9.17, 15) is 9.59 Å². The van der Waals surface area contributed by atoms with E-state index in [1.165, 1.54) is 4.90 Å². The molecule has 1 aromatic heterocycles. The van der Waals surface area contributed by atoms with Gasteiger partial charge in [0.1, 0.15) is 0 Å². The quantitative estimate of drug-likeness (QED) is 0.379. The fourth-order valence-electron chi connectivity index (χ4n) is 3.23. The summed E-state index contributed by atoms with van der Waals surface area (Å²) in [6.45, 7) is 0.468. The molecule has 4 rings (SSSR count). The van der Waals surface area contributed by atoms with Crippen molar-refractivity contribution in [1.82, 2.24) is 14.5 Å². The molecule has 0 unspecified atom stereocenters. The predicted molar refractivity (Wildman–Crippen MR) is 102 cm³/mol. The SMILES string of the molecule is Cn1c(SCCCCN2C(=O)c3ccccc3C2=O)nc2ccccc21. The lowest BCUT2D eigenvalue weighted by Crippen LogP contribution is -2.30. The molecule has 2 aromatic carbocycles. The van der Waals surface area contributed by atoms with E-state index < -0.39 is 0 Å². The van der Waals surface area contributed by atoms with Crippen molar-refractivity contribution in [3.63, 3.8) is 0 Å². The second-order valence-electron chi connectivity index (χ2n) is 6.31. The molecule has 0 saturated carbocycles. The van der Waals surface area contributed by atoms with E-state index in [0.29, 0.717) is 17.7 Å². The van der Waals surface area contributed by atoms with Crippen molar-refractivity contribution in [3.05, 3.63) is 59.7 Å². The molecule has 132 valence electrons. The topological polar surface area (TPSA) is 55.2 Å². The van der Waals surface area contributed by atoms with Gasteiger partial charge in [0.2, 0.25) is 0 Å². The van der Waals surface area contributed by atoms with Crippen LogP contribution < -0.4 is 0 Å². The van der Waals surface area contributed by atoms with Crippen molar-refractivity contribution < 1.29 is 9.59 Å². The predicted octanol–water partition coefficient (Wildman–Crippen LogP) is 3.74. The van der Waals surface area contributed by atoms with Gasteiger partial charge in [-0.1, -0.05) is 36.0 Å². The minimum atomic E-state index is -0.173. The number of imidazole rings is 1. The smallest absolute Gasteiger partial charge is 0.261 e. The molecule has 2 heterocycles. The van der Waals surface area contributed by atoms with E-state index in [4.69, 9.17) is 0 Å². The van der Waals surface area contributed by atoms with Crippen molar-refractivity contribution in [2.45, 2.75) is 18.0 Å². The van der Waals surface area contributed by atoms with Gasteiger partial charge in [0.25, 0.3) is 11.8 Å². The Bertz CT molecular complexity index is 961. The Balaban J connectivity index is 1.30. The van der Waals surface area contributed by atoms with Gasteiger partial charge in [0.05, 0.1) is 22.2 Å². The number of nitrogens with zero attached hydrogens (tertiary/aromatic N) is 3. The first-order valence-corrected chi connectivity index (χ1v) is 9.65. The Morgan fingerprint density at radius 2 is 1.58 bits per heavy atom. The van der Waals surface area contributed by atoms with Gasteiger partial charge in [-0.3, -0.25) is 14.5 Å². The maximum atomic E-state index is 12.3. The number of para-hydroxylation sites is 2. The van der Waals surface area contributed by atoms with E-state index in [-0.39, 0.29) is 11.8 Å². The summed E-state index contributed by atoms with van der Waals surface area (Å²) in [5.41, 5.74) is 3.17. The first-order chi connectivity index (χ1) is 12.7. The number of thioether (sulfide) groups is 1. The summed E-state index contributed by atoms with van der Waals surface area (Å²) in [6.07, 6.45) is 1.71.